The SMILES string of the molecule is C=CC(=O)Nc1cccc(Oc2nc(Nc3ccc(N4CCC(N5CCN(C)CC5)CC4)cc3OC)ncc2Cl)c1. The molecule has 2 saturated heterocycles. The minimum atomic E-state index is -0.316. The first-order valence-corrected chi connectivity index (χ1v) is 14.2. The van der Waals surface area contributed by atoms with E-state index in [1.807, 2.05) is 6.07 Å². The molecule has 0 atom stereocenters. The summed E-state index contributed by atoms with van der Waals surface area (Å²) < 4.78 is 11.6. The molecule has 2 N–H and O–H groups in total. The van der Waals surface area contributed by atoms with Crippen LogP contribution in [-0.2, 0) is 4.79 Å². The average Bonchev–Trinajstić information content (AvgIpc) is 2.99. The lowest BCUT2D eigenvalue weighted by molar-refractivity contribution is -0.111. The Labute approximate surface area is 245 Å². The van der Waals surface area contributed by atoms with Crippen LogP contribution in [0, 0.1) is 0 Å². The molecule has 2 aromatic carbocycles. The standard InChI is InChI=1S/C30H36ClN7O3/c1-4-28(39)33-21-6-5-7-24(18-21)41-29-25(31)20-32-30(35-29)34-26-9-8-23(19-27(26)40-3)37-12-10-22(11-13-37)38-16-14-36(2)15-17-38/h4-9,18-20,22H,1,10-17H2,2-3H3,(H,33,39)(H,32,34,35). The predicted octanol–water partition coefficient (Wildman–Crippen LogP) is 5.02. The van der Waals surface area contributed by atoms with Crippen molar-refractivity contribution in [3.63, 3.8) is 0 Å². The molecule has 0 aliphatic carbocycles. The van der Waals surface area contributed by atoms with Crippen molar-refractivity contribution < 1.29 is 14.3 Å². The van der Waals surface area contributed by atoms with Crippen LogP contribution in [0.3, 0.4) is 0 Å². The maximum Gasteiger partial charge on any atom is 0.247 e. The second-order valence-electron chi connectivity index (χ2n) is 10.2. The molecule has 41 heavy (non-hydrogen) atoms. The van der Waals surface area contributed by atoms with Crippen molar-refractivity contribution in [3.05, 3.63) is 66.3 Å². The van der Waals surface area contributed by atoms with E-state index in [0.29, 0.717) is 29.2 Å². The number of carbonyl (C=O) groups excluding carboxylic acids is 1. The fourth-order valence-electron chi connectivity index (χ4n) is 5.20. The molecule has 0 bridgehead atoms. The number of carbonyl (C=O) groups is 1. The fraction of sp³-hybridized carbons (Fsp3) is 0.367. The third kappa shape index (κ3) is 7.27. The highest BCUT2D eigenvalue weighted by Crippen LogP contribution is 2.34. The number of nitrogens with one attached hydrogen (secondary N) is 2. The molecule has 10 nitrogen and oxygen atoms in total. The van der Waals surface area contributed by atoms with Crippen molar-refractivity contribution in [1.29, 1.82) is 0 Å². The van der Waals surface area contributed by atoms with E-state index >= 15 is 0 Å². The van der Waals surface area contributed by atoms with Gasteiger partial charge in [-0.2, -0.15) is 4.98 Å². The molecule has 216 valence electrons. The summed E-state index contributed by atoms with van der Waals surface area (Å²) in [5, 5.41) is 6.17. The predicted molar refractivity (Wildman–Crippen MR) is 163 cm³/mol. The number of amides is 1. The molecule has 11 heteroatoms. The zero-order valence-electron chi connectivity index (χ0n) is 23.5. The maximum atomic E-state index is 11.6. The zero-order chi connectivity index (χ0) is 28.8. The Morgan fingerprint density at radius 2 is 1.88 bits per heavy atom. The summed E-state index contributed by atoms with van der Waals surface area (Å²) in [6.45, 7) is 10.1. The lowest BCUT2D eigenvalue weighted by Gasteiger charge is -2.42. The molecule has 3 heterocycles. The lowest BCUT2D eigenvalue weighted by atomic mass is 10.0. The van der Waals surface area contributed by atoms with Crippen LogP contribution in [0.25, 0.3) is 0 Å². The number of piperazine rings is 1. The van der Waals surface area contributed by atoms with Crippen LogP contribution in [0.2, 0.25) is 5.02 Å². The van der Waals surface area contributed by atoms with Crippen molar-refractivity contribution in [2.24, 2.45) is 0 Å². The van der Waals surface area contributed by atoms with E-state index < -0.39 is 0 Å². The van der Waals surface area contributed by atoms with E-state index in [0.717, 1.165) is 63.5 Å². The number of hydrogen-bond donors (Lipinski definition) is 2. The molecule has 0 spiro atoms. The highest BCUT2D eigenvalue weighted by atomic mass is 35.5. The Balaban J connectivity index is 1.24. The van der Waals surface area contributed by atoms with Crippen molar-refractivity contribution >= 4 is 40.5 Å². The van der Waals surface area contributed by atoms with Gasteiger partial charge >= 0.3 is 0 Å². The Morgan fingerprint density at radius 3 is 2.61 bits per heavy atom. The number of benzene rings is 2. The summed E-state index contributed by atoms with van der Waals surface area (Å²) in [6.07, 6.45) is 5.00. The fourth-order valence-corrected chi connectivity index (χ4v) is 5.33. The lowest BCUT2D eigenvalue weighted by Crippen LogP contribution is -2.52. The van der Waals surface area contributed by atoms with Gasteiger partial charge in [-0.05, 0) is 50.2 Å². The number of halogens is 1. The van der Waals surface area contributed by atoms with Gasteiger partial charge in [0.1, 0.15) is 16.5 Å². The Bertz CT molecular complexity index is 1370. The van der Waals surface area contributed by atoms with Crippen molar-refractivity contribution in [2.75, 3.05) is 69.0 Å². The minimum Gasteiger partial charge on any atom is -0.494 e. The highest BCUT2D eigenvalue weighted by molar-refractivity contribution is 6.31. The largest absolute Gasteiger partial charge is 0.494 e. The van der Waals surface area contributed by atoms with Crippen molar-refractivity contribution in [2.45, 2.75) is 18.9 Å². The van der Waals surface area contributed by atoms with Gasteiger partial charge in [0, 0.05) is 68.8 Å². The summed E-state index contributed by atoms with van der Waals surface area (Å²) in [7, 11) is 3.85. The molecular weight excluding hydrogens is 542 g/mol. The van der Waals surface area contributed by atoms with Gasteiger partial charge in [0.05, 0.1) is 19.0 Å². The van der Waals surface area contributed by atoms with Gasteiger partial charge in [-0.3, -0.25) is 9.69 Å². The number of piperidine rings is 1. The molecule has 0 unspecified atom stereocenters. The summed E-state index contributed by atoms with van der Waals surface area (Å²) >= 11 is 6.33. The maximum absolute atomic E-state index is 11.6. The molecule has 2 aliphatic heterocycles. The second kappa shape index (κ2) is 13.2. The first kappa shape index (κ1) is 28.7. The van der Waals surface area contributed by atoms with Crippen LogP contribution in [0.5, 0.6) is 17.4 Å². The minimum absolute atomic E-state index is 0.176. The number of methoxy groups -OCH3 is 1. The quantitative estimate of drug-likeness (QED) is 0.340. The second-order valence-corrected chi connectivity index (χ2v) is 10.6. The van der Waals surface area contributed by atoms with Gasteiger partial charge < -0.3 is 29.9 Å². The third-order valence-electron chi connectivity index (χ3n) is 7.53. The summed E-state index contributed by atoms with van der Waals surface area (Å²) in [6, 6.07) is 13.7. The van der Waals surface area contributed by atoms with Crippen molar-refractivity contribution in [3.8, 4) is 17.4 Å². The number of aromatic nitrogens is 2. The molecule has 2 fully saturated rings. The number of likely N-dealkylation sites (N-methyl/N-ethyl adjacent to an activating group) is 1. The van der Waals surface area contributed by atoms with Crippen LogP contribution >= 0.6 is 11.6 Å². The van der Waals surface area contributed by atoms with Gasteiger partial charge in [0.2, 0.25) is 17.7 Å². The average molecular weight is 578 g/mol. The Morgan fingerprint density at radius 1 is 1.10 bits per heavy atom. The molecule has 2 aliphatic rings. The zero-order valence-corrected chi connectivity index (χ0v) is 24.2. The molecule has 0 radical (unpaired) electrons. The summed E-state index contributed by atoms with van der Waals surface area (Å²) in [4.78, 5) is 27.9. The monoisotopic (exact) mass is 577 g/mol. The van der Waals surface area contributed by atoms with E-state index in [4.69, 9.17) is 21.1 Å². The van der Waals surface area contributed by atoms with Crippen LogP contribution in [0.4, 0.5) is 23.0 Å². The number of hydrogen-bond acceptors (Lipinski definition) is 9. The molecule has 1 aromatic heterocycles. The van der Waals surface area contributed by atoms with Gasteiger partial charge in [-0.1, -0.05) is 24.2 Å². The van der Waals surface area contributed by atoms with Gasteiger partial charge in [0.25, 0.3) is 0 Å². The first-order chi connectivity index (χ1) is 19.9. The van der Waals surface area contributed by atoms with E-state index in [1.165, 1.54) is 12.3 Å². The van der Waals surface area contributed by atoms with Crippen LogP contribution < -0.4 is 25.0 Å². The van der Waals surface area contributed by atoms with Gasteiger partial charge in [0.15, 0.2) is 0 Å². The molecular formula is C30H36ClN7O3. The Hall–Kier alpha value is -3.86. The number of ether oxygens (including phenoxy) is 2. The van der Waals surface area contributed by atoms with Gasteiger partial charge in [-0.15, -0.1) is 0 Å². The van der Waals surface area contributed by atoms with E-state index in [9.17, 15) is 4.79 Å². The number of rotatable bonds is 9. The smallest absolute Gasteiger partial charge is 0.247 e. The molecule has 3 aromatic rings. The van der Waals surface area contributed by atoms with E-state index in [2.05, 4.69) is 61.1 Å². The number of nitrogens with zero attached hydrogens (tertiary/aromatic N) is 5. The van der Waals surface area contributed by atoms with Crippen LogP contribution in [-0.4, -0.2) is 85.1 Å². The van der Waals surface area contributed by atoms with Crippen molar-refractivity contribution in [1.82, 2.24) is 19.8 Å². The normalized spacial score (nSPS) is 16.7. The summed E-state index contributed by atoms with van der Waals surface area (Å²) in [5.74, 6) is 1.31. The summed E-state index contributed by atoms with van der Waals surface area (Å²) in [5.41, 5.74) is 2.42. The third-order valence-corrected chi connectivity index (χ3v) is 7.79. The Kier molecular flexibility index (Phi) is 9.23. The van der Waals surface area contributed by atoms with E-state index in [1.54, 1.807) is 31.4 Å². The van der Waals surface area contributed by atoms with Crippen LogP contribution in [0.15, 0.2) is 61.3 Å². The molecule has 1 amide bonds. The first-order valence-electron chi connectivity index (χ1n) is 13.8. The van der Waals surface area contributed by atoms with Gasteiger partial charge in [-0.25, -0.2) is 4.98 Å². The van der Waals surface area contributed by atoms with E-state index in [-0.39, 0.29) is 16.8 Å². The molecule has 5 rings (SSSR count). The molecule has 0 saturated carbocycles. The topological polar surface area (TPSA) is 95.1 Å². The number of anilines is 4. The van der Waals surface area contributed by atoms with Crippen LogP contribution in [0.1, 0.15) is 12.8 Å². The highest BCUT2D eigenvalue weighted by Gasteiger charge is 2.27.